The Hall–Kier alpha value is -5.60. The van der Waals surface area contributed by atoms with E-state index in [-0.39, 0.29) is 12.4 Å². The van der Waals surface area contributed by atoms with Crippen LogP contribution in [0.25, 0.3) is 0 Å². The van der Waals surface area contributed by atoms with Crippen molar-refractivity contribution in [1.29, 1.82) is 0 Å². The number of carbonyl (C=O) groups is 2. The number of aliphatic hydroxyl groups is 1. The van der Waals surface area contributed by atoms with E-state index in [2.05, 4.69) is 0 Å². The molecule has 0 saturated heterocycles. The van der Waals surface area contributed by atoms with E-state index < -0.39 is 12.2 Å². The molecule has 5 aromatic carbocycles. The van der Waals surface area contributed by atoms with Crippen molar-refractivity contribution in [2.45, 2.75) is 6.61 Å². The molecule has 8 heteroatoms. The fourth-order valence-electron chi connectivity index (χ4n) is 3.69. The lowest BCUT2D eigenvalue weighted by Crippen LogP contribution is -2.23. The molecule has 0 bridgehead atoms. The van der Waals surface area contributed by atoms with Gasteiger partial charge in [0.2, 0.25) is 0 Å². The number of aliphatic hydroxyl groups excluding tert-OH is 1. The van der Waals surface area contributed by atoms with Crippen molar-refractivity contribution < 1.29 is 30.0 Å². The first kappa shape index (κ1) is 29.9. The fourth-order valence-corrected chi connectivity index (χ4v) is 3.69. The lowest BCUT2D eigenvalue weighted by molar-refractivity contribution is 0.203. The number of aromatic hydroxyl groups is 1. The Morgan fingerprint density at radius 2 is 0.732 bits per heavy atom. The van der Waals surface area contributed by atoms with Crippen LogP contribution in [0.3, 0.4) is 0 Å². The average Bonchev–Trinajstić information content (AvgIpc) is 3.00. The van der Waals surface area contributed by atoms with Crippen molar-refractivity contribution in [3.8, 4) is 5.75 Å². The zero-order valence-corrected chi connectivity index (χ0v) is 22.1. The van der Waals surface area contributed by atoms with Crippen LogP contribution in [0.2, 0.25) is 0 Å². The Kier molecular flexibility index (Phi) is 11.5. The number of benzene rings is 5. The molecule has 0 aliphatic rings. The molecule has 8 nitrogen and oxygen atoms in total. The highest BCUT2D eigenvalue weighted by Gasteiger charge is 2.16. The third-order valence-corrected chi connectivity index (χ3v) is 5.60. The Morgan fingerprint density at radius 3 is 0.951 bits per heavy atom. The van der Waals surface area contributed by atoms with Crippen molar-refractivity contribution in [1.82, 2.24) is 0 Å². The highest BCUT2D eigenvalue weighted by atomic mass is 16.4. The van der Waals surface area contributed by atoms with Gasteiger partial charge in [-0.15, -0.1) is 0 Å². The SMILES string of the molecule is O=C(O)N(c1ccccc1)c1ccccc1.O=C(O)N(c1ccccc1)c1ccccc1.OCc1ccccc1O. The second kappa shape index (κ2) is 15.7. The number of nitrogens with zero attached hydrogens (tertiary/aromatic N) is 2. The summed E-state index contributed by atoms with van der Waals surface area (Å²) in [6.07, 6.45) is -1.98. The smallest absolute Gasteiger partial charge is 0.416 e. The lowest BCUT2D eigenvalue weighted by atomic mass is 10.2. The molecule has 4 N–H and O–H groups in total. The van der Waals surface area contributed by atoms with Gasteiger partial charge in [0.1, 0.15) is 5.75 Å². The van der Waals surface area contributed by atoms with Crippen LogP contribution >= 0.6 is 0 Å². The van der Waals surface area contributed by atoms with Crippen molar-refractivity contribution in [3.63, 3.8) is 0 Å². The van der Waals surface area contributed by atoms with E-state index in [1.54, 1.807) is 72.8 Å². The highest BCUT2D eigenvalue weighted by molar-refractivity contribution is 5.95. The van der Waals surface area contributed by atoms with E-state index in [1.165, 1.54) is 9.80 Å². The monoisotopic (exact) mass is 550 g/mol. The van der Waals surface area contributed by atoms with Crippen molar-refractivity contribution >= 4 is 34.9 Å². The summed E-state index contributed by atoms with van der Waals surface area (Å²) >= 11 is 0. The number of phenols is 1. The van der Waals surface area contributed by atoms with Crippen LogP contribution in [-0.2, 0) is 6.61 Å². The summed E-state index contributed by atoms with van der Waals surface area (Å²) < 4.78 is 0. The predicted octanol–water partition coefficient (Wildman–Crippen LogP) is 7.89. The van der Waals surface area contributed by atoms with Gasteiger partial charge in [-0.1, -0.05) is 91.0 Å². The first-order valence-electron chi connectivity index (χ1n) is 12.6. The van der Waals surface area contributed by atoms with E-state index >= 15 is 0 Å². The van der Waals surface area contributed by atoms with Gasteiger partial charge in [0.15, 0.2) is 0 Å². The van der Waals surface area contributed by atoms with Gasteiger partial charge in [-0.3, -0.25) is 0 Å². The van der Waals surface area contributed by atoms with Crippen LogP contribution < -0.4 is 9.80 Å². The molecule has 0 saturated carbocycles. The van der Waals surface area contributed by atoms with Gasteiger partial charge in [-0.25, -0.2) is 19.4 Å². The number of anilines is 4. The summed E-state index contributed by atoms with van der Waals surface area (Å²) in [5, 5.41) is 35.9. The van der Waals surface area contributed by atoms with Gasteiger partial charge in [0, 0.05) is 5.56 Å². The summed E-state index contributed by atoms with van der Waals surface area (Å²) in [5.74, 6) is 0.153. The molecule has 5 aromatic rings. The van der Waals surface area contributed by atoms with Crippen molar-refractivity contribution in [2.24, 2.45) is 0 Å². The number of hydrogen-bond donors (Lipinski definition) is 4. The Morgan fingerprint density at radius 1 is 0.463 bits per heavy atom. The summed E-state index contributed by atoms with van der Waals surface area (Å²) in [5.41, 5.74) is 3.13. The zero-order valence-electron chi connectivity index (χ0n) is 22.1. The van der Waals surface area contributed by atoms with Gasteiger partial charge in [0.25, 0.3) is 0 Å². The maximum absolute atomic E-state index is 11.2. The standard InChI is InChI=1S/2C13H11NO2.C7H8O2/c2*15-13(16)14(11-7-3-1-4-8-11)12-9-5-2-6-10-12;8-5-6-3-1-2-4-7(6)9/h2*1-10H,(H,15,16);1-4,8-9H,5H2. The first-order valence-corrected chi connectivity index (χ1v) is 12.6. The fraction of sp³-hybridized carbons (Fsp3) is 0.0303. The van der Waals surface area contributed by atoms with Gasteiger partial charge >= 0.3 is 12.2 Å². The van der Waals surface area contributed by atoms with Crippen molar-refractivity contribution in [2.75, 3.05) is 9.80 Å². The molecule has 0 radical (unpaired) electrons. The molecule has 208 valence electrons. The second-order valence-corrected chi connectivity index (χ2v) is 8.36. The topological polar surface area (TPSA) is 122 Å². The average molecular weight is 551 g/mol. The Labute approximate surface area is 238 Å². The second-order valence-electron chi connectivity index (χ2n) is 8.36. The van der Waals surface area contributed by atoms with Gasteiger partial charge in [0.05, 0.1) is 29.4 Å². The number of para-hydroxylation sites is 5. The Balaban J connectivity index is 0.000000176. The summed E-state index contributed by atoms with van der Waals surface area (Å²) in [4.78, 5) is 25.0. The van der Waals surface area contributed by atoms with Crippen LogP contribution in [0.15, 0.2) is 146 Å². The predicted molar refractivity (Wildman–Crippen MR) is 160 cm³/mol. The van der Waals surface area contributed by atoms with Gasteiger partial charge in [-0.05, 0) is 54.6 Å². The molecule has 0 heterocycles. The molecule has 41 heavy (non-hydrogen) atoms. The molecule has 0 fully saturated rings. The minimum absolute atomic E-state index is 0.104. The zero-order chi connectivity index (χ0) is 29.5. The third kappa shape index (κ3) is 8.98. The van der Waals surface area contributed by atoms with Gasteiger partial charge < -0.3 is 20.4 Å². The molecular weight excluding hydrogens is 520 g/mol. The third-order valence-electron chi connectivity index (χ3n) is 5.60. The highest BCUT2D eigenvalue weighted by Crippen LogP contribution is 2.25. The number of carboxylic acid groups (broad SMARTS) is 2. The number of hydrogen-bond acceptors (Lipinski definition) is 4. The Bertz CT molecular complexity index is 1310. The summed E-state index contributed by atoms with van der Waals surface area (Å²) in [6.45, 7) is -0.104. The maximum Gasteiger partial charge on any atom is 0.416 e. The van der Waals surface area contributed by atoms with Gasteiger partial charge in [-0.2, -0.15) is 0 Å². The van der Waals surface area contributed by atoms with Crippen LogP contribution in [0.1, 0.15) is 5.56 Å². The quantitative estimate of drug-likeness (QED) is 0.177. The minimum Gasteiger partial charge on any atom is -0.508 e. The largest absolute Gasteiger partial charge is 0.508 e. The minimum atomic E-state index is -0.989. The molecule has 0 atom stereocenters. The molecule has 0 spiro atoms. The summed E-state index contributed by atoms with van der Waals surface area (Å²) in [6, 6.07) is 42.8. The summed E-state index contributed by atoms with van der Waals surface area (Å²) in [7, 11) is 0. The molecule has 0 aromatic heterocycles. The molecular formula is C33H30N2O6. The maximum atomic E-state index is 11.2. The molecule has 0 aliphatic carbocycles. The molecule has 5 rings (SSSR count). The van der Waals surface area contributed by atoms with E-state index in [1.807, 2.05) is 72.8 Å². The van der Waals surface area contributed by atoms with E-state index in [0.717, 1.165) is 0 Å². The number of rotatable bonds is 5. The first-order chi connectivity index (χ1) is 19.9. The number of amides is 2. The van der Waals surface area contributed by atoms with Crippen LogP contribution in [0.5, 0.6) is 5.75 Å². The molecule has 2 amide bonds. The molecule has 0 unspecified atom stereocenters. The van der Waals surface area contributed by atoms with Crippen LogP contribution in [0.4, 0.5) is 32.3 Å². The van der Waals surface area contributed by atoms with E-state index in [4.69, 9.17) is 10.2 Å². The van der Waals surface area contributed by atoms with Crippen LogP contribution in [0, 0.1) is 0 Å². The van der Waals surface area contributed by atoms with E-state index in [0.29, 0.717) is 28.3 Å². The van der Waals surface area contributed by atoms with Crippen molar-refractivity contribution in [3.05, 3.63) is 151 Å². The molecule has 0 aliphatic heterocycles. The van der Waals surface area contributed by atoms with E-state index in [9.17, 15) is 19.8 Å². The lowest BCUT2D eigenvalue weighted by Gasteiger charge is -2.18. The normalized spacial score (nSPS) is 9.68. The van der Waals surface area contributed by atoms with Crippen LogP contribution in [-0.4, -0.2) is 32.6 Å².